The fourth-order valence-electron chi connectivity index (χ4n) is 2.96. The molecule has 0 fully saturated rings. The van der Waals surface area contributed by atoms with E-state index < -0.39 is 0 Å². The van der Waals surface area contributed by atoms with Crippen molar-refractivity contribution < 1.29 is 0 Å². The molecule has 0 aliphatic carbocycles. The Morgan fingerprint density at radius 3 is 1.53 bits per heavy atom. The van der Waals surface area contributed by atoms with Gasteiger partial charge in [-0.25, -0.2) is 9.97 Å². The number of nitrogens with two attached hydrogens (primary N) is 2. The molecule has 0 saturated carbocycles. The lowest BCUT2D eigenvalue weighted by molar-refractivity contribution is 1.19. The number of nitrogen functional groups attached to an aromatic ring is 2. The fraction of sp³-hybridized carbons (Fsp3) is 0.182. The van der Waals surface area contributed by atoms with Gasteiger partial charge in [-0.1, -0.05) is 22.7 Å². The number of thiazole rings is 2. The third-order valence-corrected chi connectivity index (χ3v) is 6.49. The van der Waals surface area contributed by atoms with Crippen LogP contribution in [0.15, 0.2) is 69.2 Å². The zero-order valence-electron chi connectivity index (χ0n) is 18.7. The summed E-state index contributed by atoms with van der Waals surface area (Å²) in [6.07, 6.45) is 3.48. The van der Waals surface area contributed by atoms with Crippen LogP contribution in [0.2, 0.25) is 0 Å². The van der Waals surface area contributed by atoms with E-state index in [9.17, 15) is 0 Å². The molecule has 0 unspecified atom stereocenters. The molecule has 0 saturated heterocycles. The quantitative estimate of drug-likeness (QED) is 0.144. The minimum atomic E-state index is 0.523. The number of anilines is 4. The number of benzene rings is 2. The Hall–Kier alpha value is -3.90. The smallest absolute Gasteiger partial charge is 0.230 e. The predicted molar refractivity (Wildman–Crippen MR) is 142 cm³/mol. The van der Waals surface area contributed by atoms with Gasteiger partial charge in [0.2, 0.25) is 10.3 Å². The standard InChI is InChI=1S/C22H24N10S2/c1-3-25-13-5-7-17(15(23)9-13)29-31-21-27-11-19(33-21)20-12-28-22(34-20)32-30-18-8-6-14(26-4-2)10-16(18)24/h5-12,25-26H,3-4,23-24H2,1-2H3/b31-29+,32-30+. The normalized spacial score (nSPS) is 11.5. The van der Waals surface area contributed by atoms with Gasteiger partial charge in [-0.2, -0.15) is 0 Å². The van der Waals surface area contributed by atoms with Crippen molar-refractivity contribution in [2.45, 2.75) is 13.8 Å². The van der Waals surface area contributed by atoms with Crippen molar-refractivity contribution in [1.29, 1.82) is 0 Å². The summed E-state index contributed by atoms with van der Waals surface area (Å²) in [5.41, 5.74) is 16.3. The summed E-state index contributed by atoms with van der Waals surface area (Å²) in [4.78, 5) is 10.5. The van der Waals surface area contributed by atoms with Crippen molar-refractivity contribution in [3.05, 3.63) is 48.8 Å². The SMILES string of the molecule is CCNc1ccc(/N=N/c2ncc(-c3cnc(/N=N/c4ccc(NCC)cc4N)s3)s2)c(N)c1. The van der Waals surface area contributed by atoms with E-state index in [1.54, 1.807) is 12.4 Å². The highest BCUT2D eigenvalue weighted by molar-refractivity contribution is 7.25. The fourth-order valence-corrected chi connectivity index (χ4v) is 4.50. The summed E-state index contributed by atoms with van der Waals surface area (Å²) >= 11 is 2.81. The van der Waals surface area contributed by atoms with E-state index >= 15 is 0 Å². The minimum Gasteiger partial charge on any atom is -0.397 e. The molecule has 4 rings (SSSR count). The zero-order chi connectivity index (χ0) is 23.9. The predicted octanol–water partition coefficient (Wildman–Crippen LogP) is 7.13. The highest BCUT2D eigenvalue weighted by Crippen LogP contribution is 2.38. The second kappa shape index (κ2) is 10.8. The van der Waals surface area contributed by atoms with Gasteiger partial charge in [0.05, 0.1) is 21.1 Å². The van der Waals surface area contributed by atoms with Gasteiger partial charge in [-0.05, 0) is 50.2 Å². The van der Waals surface area contributed by atoms with Gasteiger partial charge in [0, 0.05) is 36.9 Å². The van der Waals surface area contributed by atoms with Gasteiger partial charge in [0.1, 0.15) is 11.4 Å². The van der Waals surface area contributed by atoms with Crippen LogP contribution in [0.4, 0.5) is 44.4 Å². The first-order valence-electron chi connectivity index (χ1n) is 10.6. The van der Waals surface area contributed by atoms with E-state index in [0.29, 0.717) is 33.0 Å². The lowest BCUT2D eigenvalue weighted by Crippen LogP contribution is -1.97. The van der Waals surface area contributed by atoms with Crippen LogP contribution in [-0.2, 0) is 0 Å². The van der Waals surface area contributed by atoms with Gasteiger partial charge in [0.15, 0.2) is 0 Å². The summed E-state index contributed by atoms with van der Waals surface area (Å²) < 4.78 is 0. The van der Waals surface area contributed by atoms with Crippen LogP contribution >= 0.6 is 22.7 Å². The first kappa shape index (κ1) is 23.3. The van der Waals surface area contributed by atoms with Gasteiger partial charge < -0.3 is 22.1 Å². The second-order valence-corrected chi connectivity index (χ2v) is 9.04. The molecule has 10 nitrogen and oxygen atoms in total. The second-order valence-electron chi connectivity index (χ2n) is 7.02. The summed E-state index contributed by atoms with van der Waals surface area (Å²) in [6.45, 7) is 5.69. The molecule has 0 amide bonds. The average Bonchev–Trinajstić information content (AvgIpc) is 3.48. The van der Waals surface area contributed by atoms with E-state index in [1.165, 1.54) is 22.7 Å². The third kappa shape index (κ3) is 5.71. The molecule has 0 aliphatic heterocycles. The molecule has 2 heterocycles. The van der Waals surface area contributed by atoms with Crippen molar-refractivity contribution in [1.82, 2.24) is 9.97 Å². The molecule has 4 aromatic rings. The molecule has 0 bridgehead atoms. The minimum absolute atomic E-state index is 0.523. The van der Waals surface area contributed by atoms with Gasteiger partial charge >= 0.3 is 0 Å². The molecular formula is C22H24N10S2. The zero-order valence-corrected chi connectivity index (χ0v) is 20.3. The Morgan fingerprint density at radius 2 is 1.15 bits per heavy atom. The summed E-state index contributed by atoms with van der Waals surface area (Å²) in [7, 11) is 0. The molecule has 2 aromatic carbocycles. The van der Waals surface area contributed by atoms with E-state index in [0.717, 1.165) is 34.2 Å². The molecule has 2 aromatic heterocycles. The molecule has 34 heavy (non-hydrogen) atoms. The maximum Gasteiger partial charge on any atom is 0.230 e. The third-order valence-electron chi connectivity index (χ3n) is 4.53. The molecule has 0 aliphatic rings. The highest BCUT2D eigenvalue weighted by Gasteiger charge is 2.09. The van der Waals surface area contributed by atoms with E-state index in [2.05, 4.69) is 41.1 Å². The summed E-state index contributed by atoms with van der Waals surface area (Å²) in [6, 6.07) is 11.2. The van der Waals surface area contributed by atoms with E-state index in [-0.39, 0.29) is 0 Å². The molecule has 12 heteroatoms. The maximum absolute atomic E-state index is 6.07. The molecular weight excluding hydrogens is 468 g/mol. The number of nitrogens with one attached hydrogen (secondary N) is 2. The average molecular weight is 493 g/mol. The van der Waals surface area contributed by atoms with Crippen LogP contribution in [0.25, 0.3) is 9.75 Å². The van der Waals surface area contributed by atoms with Crippen molar-refractivity contribution in [2.75, 3.05) is 35.2 Å². The van der Waals surface area contributed by atoms with Gasteiger partial charge in [0.25, 0.3) is 0 Å². The van der Waals surface area contributed by atoms with Crippen LogP contribution in [0, 0.1) is 0 Å². The Kier molecular flexibility index (Phi) is 7.40. The van der Waals surface area contributed by atoms with Crippen LogP contribution in [0.5, 0.6) is 0 Å². The Labute approximate surface area is 204 Å². The Morgan fingerprint density at radius 1 is 0.706 bits per heavy atom. The number of rotatable bonds is 9. The highest BCUT2D eigenvalue weighted by atomic mass is 32.1. The first-order valence-corrected chi connectivity index (χ1v) is 12.2. The van der Waals surface area contributed by atoms with Gasteiger partial charge in [-0.15, -0.1) is 20.5 Å². The summed E-state index contributed by atoms with van der Waals surface area (Å²) in [5.74, 6) is 0. The van der Waals surface area contributed by atoms with Crippen LogP contribution in [0.3, 0.4) is 0 Å². The number of aromatic nitrogens is 2. The number of azo groups is 2. The van der Waals surface area contributed by atoms with Gasteiger partial charge in [-0.3, -0.25) is 0 Å². The molecule has 0 atom stereocenters. The number of hydrogen-bond donors (Lipinski definition) is 4. The van der Waals surface area contributed by atoms with E-state index in [4.69, 9.17) is 11.5 Å². The molecule has 6 N–H and O–H groups in total. The van der Waals surface area contributed by atoms with Crippen molar-refractivity contribution >= 4 is 67.1 Å². The van der Waals surface area contributed by atoms with E-state index in [1.807, 2.05) is 50.2 Å². The monoisotopic (exact) mass is 492 g/mol. The molecule has 174 valence electrons. The van der Waals surface area contributed by atoms with Crippen LogP contribution < -0.4 is 22.1 Å². The Bertz CT molecular complexity index is 1220. The van der Waals surface area contributed by atoms with Crippen LogP contribution in [0.1, 0.15) is 13.8 Å². The maximum atomic E-state index is 6.07. The largest absolute Gasteiger partial charge is 0.397 e. The number of hydrogen-bond acceptors (Lipinski definition) is 12. The number of nitrogens with zero attached hydrogens (tertiary/aromatic N) is 6. The van der Waals surface area contributed by atoms with Crippen molar-refractivity contribution in [2.24, 2.45) is 20.5 Å². The Balaban J connectivity index is 1.43. The lowest BCUT2D eigenvalue weighted by Gasteiger charge is -2.05. The van der Waals surface area contributed by atoms with Crippen LogP contribution in [-0.4, -0.2) is 23.1 Å². The molecule has 0 radical (unpaired) electrons. The van der Waals surface area contributed by atoms with Crippen molar-refractivity contribution in [3.8, 4) is 9.75 Å². The molecule has 0 spiro atoms. The topological polar surface area (TPSA) is 151 Å². The summed E-state index contributed by atoms with van der Waals surface area (Å²) in [5, 5.41) is 24.4. The van der Waals surface area contributed by atoms with Crippen molar-refractivity contribution in [3.63, 3.8) is 0 Å². The first-order chi connectivity index (χ1) is 16.6. The lowest BCUT2D eigenvalue weighted by atomic mass is 10.2.